The quantitative estimate of drug-likeness (QED) is 0.0856. The summed E-state index contributed by atoms with van der Waals surface area (Å²) in [5.41, 5.74) is -5.80. The summed E-state index contributed by atoms with van der Waals surface area (Å²) in [5.74, 6) is -25.6. The minimum absolute atomic E-state index is 0.0279. The lowest BCUT2D eigenvalue weighted by Gasteiger charge is -2.19. The second-order valence-electron chi connectivity index (χ2n) is 10.2. The SMILES string of the molecule is O=P1(O)Oc2c(-c3c(F)c(F)c(F)c(F)c3F)cc3ccccc3c2-c2c(c(-c3c(F)c(F)c(F)c(F)c3F)cc3ccccc23)O1. The van der Waals surface area contributed by atoms with E-state index < -0.39 is 111 Å². The zero-order valence-corrected chi connectivity index (χ0v) is 23.6. The highest BCUT2D eigenvalue weighted by atomic mass is 31.2. The largest absolute Gasteiger partial charge is 0.584 e. The van der Waals surface area contributed by atoms with Crippen LogP contribution in [-0.4, -0.2) is 4.89 Å². The van der Waals surface area contributed by atoms with Gasteiger partial charge in [0.1, 0.15) is 11.5 Å². The molecule has 0 amide bonds. The van der Waals surface area contributed by atoms with Crippen molar-refractivity contribution in [2.45, 2.75) is 0 Å². The van der Waals surface area contributed by atoms with E-state index in [9.17, 15) is 35.8 Å². The van der Waals surface area contributed by atoms with Gasteiger partial charge in [-0.25, -0.2) is 48.5 Å². The van der Waals surface area contributed by atoms with Gasteiger partial charge in [-0.15, -0.1) is 0 Å². The fourth-order valence-electron chi connectivity index (χ4n) is 5.65. The Morgan fingerprint density at radius 3 is 1.09 bits per heavy atom. The first-order valence-corrected chi connectivity index (χ1v) is 14.6. The van der Waals surface area contributed by atoms with Crippen molar-refractivity contribution in [3.8, 4) is 44.9 Å². The molecular weight excluding hydrogens is 669 g/mol. The maximum Gasteiger partial charge on any atom is 0.584 e. The third-order valence-electron chi connectivity index (χ3n) is 7.62. The molecule has 6 aromatic carbocycles. The van der Waals surface area contributed by atoms with Crippen LogP contribution in [-0.2, 0) is 4.57 Å². The highest BCUT2D eigenvalue weighted by Gasteiger charge is 2.41. The maximum absolute atomic E-state index is 15.3. The Bertz CT molecular complexity index is 2210. The predicted octanol–water partition coefficient (Wildman–Crippen LogP) is 10.3. The Hall–Kier alpha value is -5.07. The summed E-state index contributed by atoms with van der Waals surface area (Å²) in [4.78, 5) is 10.8. The average molecular weight is 680 g/mol. The molecule has 47 heavy (non-hydrogen) atoms. The molecule has 0 aliphatic carbocycles. The number of phosphoric acid groups is 1. The molecule has 1 heterocycles. The number of hydrogen-bond donors (Lipinski definition) is 1. The first-order valence-electron chi connectivity index (χ1n) is 13.1. The van der Waals surface area contributed by atoms with Crippen LogP contribution in [0.25, 0.3) is 54.9 Å². The molecule has 0 fully saturated rings. The van der Waals surface area contributed by atoms with Crippen LogP contribution < -0.4 is 9.05 Å². The molecule has 0 aromatic heterocycles. The Kier molecular flexibility index (Phi) is 6.81. The van der Waals surface area contributed by atoms with E-state index in [1.54, 1.807) is 0 Å². The van der Waals surface area contributed by atoms with Crippen LogP contribution in [0.1, 0.15) is 0 Å². The van der Waals surface area contributed by atoms with E-state index in [0.29, 0.717) is 0 Å². The fraction of sp³-hybridized carbons (Fsp3) is 0. The van der Waals surface area contributed by atoms with Crippen molar-refractivity contribution >= 4 is 29.4 Å². The van der Waals surface area contributed by atoms with E-state index in [0.717, 1.165) is 12.1 Å². The number of rotatable bonds is 2. The molecule has 1 aliphatic rings. The fourth-order valence-corrected chi connectivity index (χ4v) is 6.52. The summed E-state index contributed by atoms with van der Waals surface area (Å²) in [6.07, 6.45) is 0. The zero-order chi connectivity index (χ0) is 33.7. The third kappa shape index (κ3) is 4.39. The van der Waals surface area contributed by atoms with Gasteiger partial charge < -0.3 is 9.05 Å². The molecule has 15 heteroatoms. The first-order chi connectivity index (χ1) is 22.2. The molecule has 1 N–H and O–H groups in total. The van der Waals surface area contributed by atoms with Crippen molar-refractivity contribution in [1.82, 2.24) is 0 Å². The second kappa shape index (κ2) is 10.5. The van der Waals surface area contributed by atoms with Gasteiger partial charge >= 0.3 is 7.82 Å². The lowest BCUT2D eigenvalue weighted by Crippen LogP contribution is -2.06. The predicted molar refractivity (Wildman–Crippen MR) is 148 cm³/mol. The second-order valence-corrected chi connectivity index (χ2v) is 11.5. The summed E-state index contributed by atoms with van der Waals surface area (Å²) in [5, 5.41) is 0.114. The van der Waals surface area contributed by atoms with Crippen LogP contribution in [0.4, 0.5) is 43.9 Å². The summed E-state index contributed by atoms with van der Waals surface area (Å²) in [7, 11) is -5.69. The van der Waals surface area contributed by atoms with Crippen molar-refractivity contribution < 1.29 is 62.4 Å². The minimum Gasteiger partial charge on any atom is -0.394 e. The molecule has 0 bridgehead atoms. The van der Waals surface area contributed by atoms with Crippen molar-refractivity contribution in [1.29, 1.82) is 0 Å². The Balaban J connectivity index is 1.75. The Morgan fingerprint density at radius 2 is 0.745 bits per heavy atom. The molecule has 0 unspecified atom stereocenters. The number of fused-ring (bicyclic) bond motifs is 7. The van der Waals surface area contributed by atoms with Gasteiger partial charge in [0.15, 0.2) is 46.5 Å². The van der Waals surface area contributed by atoms with Crippen molar-refractivity contribution in [2.24, 2.45) is 0 Å². The zero-order valence-electron chi connectivity index (χ0n) is 22.7. The van der Waals surface area contributed by atoms with Gasteiger partial charge in [0, 0.05) is 22.3 Å². The number of phosphoric ester groups is 1. The van der Waals surface area contributed by atoms with Crippen molar-refractivity contribution in [3.63, 3.8) is 0 Å². The van der Waals surface area contributed by atoms with Gasteiger partial charge in [0.05, 0.1) is 11.1 Å². The topological polar surface area (TPSA) is 55.8 Å². The highest BCUT2D eigenvalue weighted by molar-refractivity contribution is 7.48. The smallest absolute Gasteiger partial charge is 0.394 e. The number of hydrogen-bond acceptors (Lipinski definition) is 3. The van der Waals surface area contributed by atoms with E-state index in [4.69, 9.17) is 9.05 Å². The summed E-state index contributed by atoms with van der Waals surface area (Å²) in [6, 6.07) is 12.9. The molecule has 1 aliphatic heterocycles. The van der Waals surface area contributed by atoms with E-state index in [2.05, 4.69) is 0 Å². The lowest BCUT2D eigenvalue weighted by molar-refractivity contribution is 0.295. The molecule has 0 saturated carbocycles. The molecule has 7 rings (SSSR count). The Labute approximate surface area is 255 Å². The normalized spacial score (nSPS) is 13.6. The van der Waals surface area contributed by atoms with Gasteiger partial charge in [0.2, 0.25) is 11.6 Å². The summed E-state index contributed by atoms with van der Waals surface area (Å²) in [6.45, 7) is 0. The molecule has 6 aromatic rings. The van der Waals surface area contributed by atoms with E-state index in [1.165, 1.54) is 48.5 Å². The van der Waals surface area contributed by atoms with E-state index in [-0.39, 0.29) is 21.5 Å². The molecule has 0 saturated heterocycles. The third-order valence-corrected chi connectivity index (χ3v) is 8.45. The van der Waals surface area contributed by atoms with Crippen LogP contribution >= 0.6 is 7.82 Å². The van der Waals surface area contributed by atoms with Crippen LogP contribution in [0.3, 0.4) is 0 Å². The first kappa shape index (κ1) is 30.6. The van der Waals surface area contributed by atoms with Crippen LogP contribution in [0.5, 0.6) is 11.5 Å². The number of halogens is 10. The summed E-state index contributed by atoms with van der Waals surface area (Å²) >= 11 is 0. The molecule has 0 spiro atoms. The lowest BCUT2D eigenvalue weighted by atomic mass is 9.86. The van der Waals surface area contributed by atoms with Crippen molar-refractivity contribution in [3.05, 3.63) is 119 Å². The van der Waals surface area contributed by atoms with Gasteiger partial charge in [-0.05, 0) is 33.7 Å². The van der Waals surface area contributed by atoms with E-state index >= 15 is 17.6 Å². The van der Waals surface area contributed by atoms with Crippen LogP contribution in [0.2, 0.25) is 0 Å². The van der Waals surface area contributed by atoms with Crippen LogP contribution in [0.15, 0.2) is 60.7 Å². The highest BCUT2D eigenvalue weighted by Crippen LogP contribution is 2.62. The Morgan fingerprint density at radius 1 is 0.447 bits per heavy atom. The molecular formula is C32H11F10O4P. The van der Waals surface area contributed by atoms with Gasteiger partial charge in [-0.2, -0.15) is 0 Å². The average Bonchev–Trinajstić information content (AvgIpc) is 3.18. The number of benzene rings is 6. The maximum atomic E-state index is 15.3. The molecule has 4 nitrogen and oxygen atoms in total. The molecule has 0 radical (unpaired) electrons. The molecule has 238 valence electrons. The molecule has 0 atom stereocenters. The van der Waals surface area contributed by atoms with Crippen molar-refractivity contribution in [2.75, 3.05) is 0 Å². The monoisotopic (exact) mass is 680 g/mol. The van der Waals surface area contributed by atoms with Gasteiger partial charge in [-0.3, -0.25) is 4.89 Å². The van der Waals surface area contributed by atoms with Gasteiger partial charge in [0.25, 0.3) is 0 Å². The standard InChI is InChI=1S/C32H11F10O4P/c33-21-19(22(34)26(38)29(41)25(21)37)15-9-11-5-1-3-7-13(11)17-18-14-8-4-2-6-12(14)10-16(32(18)46-47(43,44)45-31(15)17)20-23(35)27(39)30(42)28(40)24(20)36/h1-10H,(H,43,44). The van der Waals surface area contributed by atoms with Gasteiger partial charge in [-0.1, -0.05) is 48.5 Å². The van der Waals surface area contributed by atoms with E-state index in [1.807, 2.05) is 0 Å². The minimum atomic E-state index is -5.69. The summed E-state index contributed by atoms with van der Waals surface area (Å²) < 4.78 is 171. The van der Waals surface area contributed by atoms with Crippen LogP contribution in [0, 0.1) is 58.2 Å².